The SMILES string of the molecule is CCCCCCCCCCCCC#CC#CCC(=O)OC(=O)c1cc(C(=O)O)c(C(=O)O)cc1C(=O)OC(=O)CC#CC#CCCCCCCCCCCCC. The lowest BCUT2D eigenvalue weighted by Crippen LogP contribution is -2.21. The van der Waals surface area contributed by atoms with Crippen molar-refractivity contribution in [3.05, 3.63) is 34.4 Å². The maximum atomic E-state index is 12.9. The number of hydrogen-bond acceptors (Lipinski definition) is 8. The fraction of sp³-hybridized carbons (Fsp3) is 0.565. The van der Waals surface area contributed by atoms with Gasteiger partial charge in [-0.15, -0.1) is 0 Å². The second kappa shape index (κ2) is 32.0. The molecule has 1 rings (SSSR count). The second-order valence-corrected chi connectivity index (χ2v) is 13.5. The minimum atomic E-state index is -1.73. The van der Waals surface area contributed by atoms with Gasteiger partial charge in [-0.3, -0.25) is 9.59 Å². The summed E-state index contributed by atoms with van der Waals surface area (Å²) in [5, 5.41) is 19.1. The average molecular weight is 771 g/mol. The van der Waals surface area contributed by atoms with E-state index in [4.69, 9.17) is 9.47 Å². The number of esters is 4. The van der Waals surface area contributed by atoms with E-state index >= 15 is 0 Å². The van der Waals surface area contributed by atoms with Crippen LogP contribution in [0.5, 0.6) is 0 Å². The highest BCUT2D eigenvalue weighted by Gasteiger charge is 2.29. The van der Waals surface area contributed by atoms with E-state index in [1.165, 1.54) is 89.9 Å². The normalized spacial score (nSPS) is 9.89. The van der Waals surface area contributed by atoms with Crippen LogP contribution in [0.2, 0.25) is 0 Å². The summed E-state index contributed by atoms with van der Waals surface area (Å²) in [6.07, 6.45) is 24.4. The van der Waals surface area contributed by atoms with Crippen molar-refractivity contribution in [2.75, 3.05) is 0 Å². The second-order valence-electron chi connectivity index (χ2n) is 13.5. The molecule has 1 aromatic rings. The third kappa shape index (κ3) is 23.5. The van der Waals surface area contributed by atoms with Gasteiger partial charge in [0, 0.05) is 12.8 Å². The molecular formula is C46H58O10. The van der Waals surface area contributed by atoms with E-state index in [9.17, 15) is 39.0 Å². The molecule has 0 spiro atoms. The number of carbonyl (C=O) groups excluding carboxylic acids is 4. The van der Waals surface area contributed by atoms with Gasteiger partial charge in [0.15, 0.2) is 0 Å². The molecule has 0 aliphatic carbocycles. The van der Waals surface area contributed by atoms with Crippen LogP contribution in [0.25, 0.3) is 0 Å². The van der Waals surface area contributed by atoms with Gasteiger partial charge in [-0.2, -0.15) is 0 Å². The van der Waals surface area contributed by atoms with Crippen LogP contribution < -0.4 is 0 Å². The van der Waals surface area contributed by atoms with E-state index in [1.807, 2.05) is 0 Å². The molecule has 0 aromatic heterocycles. The van der Waals surface area contributed by atoms with Crippen LogP contribution in [0.1, 0.15) is 209 Å². The Morgan fingerprint density at radius 2 is 0.714 bits per heavy atom. The lowest BCUT2D eigenvalue weighted by molar-refractivity contribution is -0.138. The highest BCUT2D eigenvalue weighted by molar-refractivity contribution is 6.12. The van der Waals surface area contributed by atoms with Crippen molar-refractivity contribution >= 4 is 35.8 Å². The van der Waals surface area contributed by atoms with Gasteiger partial charge in [-0.25, -0.2) is 19.2 Å². The first-order chi connectivity index (χ1) is 27.1. The minimum Gasteiger partial charge on any atom is -0.478 e. The summed E-state index contributed by atoms with van der Waals surface area (Å²) in [6, 6.07) is 1.13. The lowest BCUT2D eigenvalue weighted by atomic mass is 9.98. The van der Waals surface area contributed by atoms with Crippen molar-refractivity contribution < 1.29 is 48.5 Å². The molecule has 302 valence electrons. The van der Waals surface area contributed by atoms with Crippen LogP contribution in [0, 0.1) is 47.4 Å². The predicted molar refractivity (Wildman–Crippen MR) is 214 cm³/mol. The zero-order valence-electron chi connectivity index (χ0n) is 33.3. The maximum absolute atomic E-state index is 12.9. The molecule has 2 N–H and O–H groups in total. The number of carboxylic acid groups (broad SMARTS) is 2. The molecule has 10 nitrogen and oxygen atoms in total. The van der Waals surface area contributed by atoms with Crippen LogP contribution in [0.3, 0.4) is 0 Å². The molecule has 0 atom stereocenters. The number of carboxylic acids is 2. The molecule has 0 saturated carbocycles. The zero-order valence-corrected chi connectivity index (χ0v) is 33.3. The van der Waals surface area contributed by atoms with Crippen LogP contribution >= 0.6 is 0 Å². The highest BCUT2D eigenvalue weighted by Crippen LogP contribution is 2.21. The molecule has 0 fully saturated rings. The number of unbranched alkanes of at least 4 members (excludes halogenated alkanes) is 20. The summed E-state index contributed by atoms with van der Waals surface area (Å²) in [7, 11) is 0. The fourth-order valence-corrected chi connectivity index (χ4v) is 5.62. The first-order valence-corrected chi connectivity index (χ1v) is 20.2. The molecule has 56 heavy (non-hydrogen) atoms. The Kier molecular flexibility index (Phi) is 27.8. The topological polar surface area (TPSA) is 161 Å². The van der Waals surface area contributed by atoms with E-state index in [1.54, 1.807) is 0 Å². The van der Waals surface area contributed by atoms with Gasteiger partial charge >= 0.3 is 35.8 Å². The number of rotatable bonds is 26. The van der Waals surface area contributed by atoms with Crippen LogP contribution in [0.4, 0.5) is 0 Å². The molecule has 0 amide bonds. The number of ether oxygens (including phenoxy) is 2. The first kappa shape index (κ1) is 48.7. The molecule has 10 heteroatoms. The number of hydrogen-bond donors (Lipinski definition) is 2. The Morgan fingerprint density at radius 3 is 1.02 bits per heavy atom. The molecule has 0 aliphatic heterocycles. The zero-order chi connectivity index (χ0) is 41.2. The Labute approximate surface area is 333 Å². The van der Waals surface area contributed by atoms with Crippen LogP contribution in [-0.4, -0.2) is 46.0 Å². The first-order valence-electron chi connectivity index (χ1n) is 20.2. The van der Waals surface area contributed by atoms with Crippen molar-refractivity contribution in [2.45, 2.75) is 168 Å². The van der Waals surface area contributed by atoms with Crippen molar-refractivity contribution in [3.63, 3.8) is 0 Å². The van der Waals surface area contributed by atoms with Crippen molar-refractivity contribution in [1.29, 1.82) is 0 Å². The van der Waals surface area contributed by atoms with Gasteiger partial charge in [0.2, 0.25) is 0 Å². The van der Waals surface area contributed by atoms with Gasteiger partial charge in [0.25, 0.3) is 0 Å². The van der Waals surface area contributed by atoms with Crippen LogP contribution in [0.15, 0.2) is 12.1 Å². The van der Waals surface area contributed by atoms with Gasteiger partial charge in [0.1, 0.15) is 12.8 Å². The Balaban J connectivity index is 2.68. The number of aromatic carboxylic acids is 2. The molecule has 0 unspecified atom stereocenters. The predicted octanol–water partition coefficient (Wildman–Crippen LogP) is 9.87. The van der Waals surface area contributed by atoms with E-state index in [2.05, 4.69) is 61.2 Å². The molecule has 0 bridgehead atoms. The van der Waals surface area contributed by atoms with Gasteiger partial charge in [-0.05, 0) is 48.7 Å². The quantitative estimate of drug-likeness (QED) is 0.0401. The third-order valence-corrected chi connectivity index (χ3v) is 8.73. The Morgan fingerprint density at radius 1 is 0.429 bits per heavy atom. The minimum absolute atomic E-state index is 0.545. The molecule has 0 aliphatic rings. The molecule has 1 aromatic carbocycles. The maximum Gasteiger partial charge on any atom is 0.346 e. The molecule has 0 saturated heterocycles. The van der Waals surface area contributed by atoms with Crippen molar-refractivity contribution in [1.82, 2.24) is 0 Å². The van der Waals surface area contributed by atoms with E-state index < -0.39 is 70.9 Å². The largest absolute Gasteiger partial charge is 0.478 e. The smallest absolute Gasteiger partial charge is 0.346 e. The van der Waals surface area contributed by atoms with E-state index in [0.717, 1.165) is 38.5 Å². The van der Waals surface area contributed by atoms with Gasteiger partial charge in [-0.1, -0.05) is 153 Å². The summed E-state index contributed by atoms with van der Waals surface area (Å²) in [5.41, 5.74) is -3.32. The Hall–Kier alpha value is -5.32. The summed E-state index contributed by atoms with van der Waals surface area (Å²) < 4.78 is 9.50. The van der Waals surface area contributed by atoms with Crippen LogP contribution in [-0.2, 0) is 19.1 Å². The Bertz CT molecular complexity index is 1570. The van der Waals surface area contributed by atoms with E-state index in [0.29, 0.717) is 25.0 Å². The third-order valence-electron chi connectivity index (χ3n) is 8.73. The average Bonchev–Trinajstić information content (AvgIpc) is 3.17. The number of benzene rings is 1. The summed E-state index contributed by atoms with van der Waals surface area (Å²) >= 11 is 0. The highest BCUT2D eigenvalue weighted by atomic mass is 16.6. The van der Waals surface area contributed by atoms with Gasteiger partial charge in [0.05, 0.1) is 22.3 Å². The summed E-state index contributed by atoms with van der Waals surface area (Å²) in [5.74, 6) is 12.4. The summed E-state index contributed by atoms with van der Waals surface area (Å²) in [6.45, 7) is 4.42. The van der Waals surface area contributed by atoms with Crippen molar-refractivity contribution in [2.24, 2.45) is 0 Å². The molecule has 0 radical (unpaired) electrons. The molecule has 0 heterocycles. The van der Waals surface area contributed by atoms with E-state index in [-0.39, 0.29) is 0 Å². The molecular weight excluding hydrogens is 712 g/mol. The lowest BCUT2D eigenvalue weighted by Gasteiger charge is -2.11. The summed E-state index contributed by atoms with van der Waals surface area (Å²) in [4.78, 5) is 74.0. The monoisotopic (exact) mass is 770 g/mol. The van der Waals surface area contributed by atoms with Crippen molar-refractivity contribution in [3.8, 4) is 47.4 Å². The number of carbonyl (C=O) groups is 6. The fourth-order valence-electron chi connectivity index (χ4n) is 5.62. The standard InChI is InChI=1S/C46H58O10/c1-3-5-7-9-11-13-15-17-19-21-23-25-27-29-31-33-41(47)55-45(53)39-35-37(43(49)50)38(44(51)52)36-40(39)46(54)56-42(48)34-32-30-28-26-24-22-20-18-16-14-12-10-8-6-4-2/h35-36H,3-24,33-34H2,1-2H3,(H,49,50)(H,51,52). The van der Waals surface area contributed by atoms with Gasteiger partial charge < -0.3 is 19.7 Å².